The van der Waals surface area contributed by atoms with Gasteiger partial charge in [-0.15, -0.1) is 0 Å². The summed E-state index contributed by atoms with van der Waals surface area (Å²) in [4.78, 5) is 0. The van der Waals surface area contributed by atoms with E-state index in [9.17, 15) is 0 Å². The second kappa shape index (κ2) is 6.46. The molecule has 0 nitrogen and oxygen atoms in total. The lowest BCUT2D eigenvalue weighted by atomic mass is 9.83. The summed E-state index contributed by atoms with van der Waals surface area (Å²) in [6.45, 7) is 9.07. The van der Waals surface area contributed by atoms with Gasteiger partial charge in [-0.1, -0.05) is 99.6 Å². The molecule has 5 rings (SSSR count). The van der Waals surface area contributed by atoms with E-state index >= 15 is 0 Å². The Bertz CT molecular complexity index is 1380. The number of hydrogen-bond acceptors (Lipinski definition) is 0. The fourth-order valence-corrected chi connectivity index (χ4v) is 4.52. The molecular weight excluding hydrogens is 348 g/mol. The largest absolute Gasteiger partial charge is 0.0616 e. The molecule has 0 saturated heterocycles. The van der Waals surface area contributed by atoms with Crippen molar-refractivity contribution in [3.05, 3.63) is 96.1 Å². The molecule has 0 heterocycles. The fraction of sp³-hybridized carbons (Fsp3) is 0.172. The molecule has 0 aliphatic carbocycles. The van der Waals surface area contributed by atoms with E-state index in [2.05, 4.69) is 113 Å². The first-order chi connectivity index (χ1) is 13.9. The van der Waals surface area contributed by atoms with Crippen molar-refractivity contribution in [2.24, 2.45) is 0 Å². The van der Waals surface area contributed by atoms with Crippen molar-refractivity contribution < 1.29 is 0 Å². The standard InChI is InChI=1S/C29H26/c1-19-17-21(29(2,3)4)14-16-22(19)27-18-28-23-10-6-5-9-20(23)13-15-26(28)24-11-7-8-12-25(24)27/h5-18H,1-4H3. The average Bonchev–Trinajstić information content (AvgIpc) is 2.72. The Morgan fingerprint density at radius 1 is 0.517 bits per heavy atom. The van der Waals surface area contributed by atoms with Crippen LogP contribution in [-0.4, -0.2) is 0 Å². The number of benzene rings is 5. The summed E-state index contributed by atoms with van der Waals surface area (Å²) < 4.78 is 0. The molecule has 5 aromatic rings. The Hall–Kier alpha value is -3.12. The molecular formula is C29H26. The summed E-state index contributed by atoms with van der Waals surface area (Å²) in [5, 5.41) is 7.91. The second-order valence-electron chi connectivity index (χ2n) is 9.13. The van der Waals surface area contributed by atoms with Crippen LogP contribution in [0.25, 0.3) is 43.4 Å². The first-order valence-corrected chi connectivity index (χ1v) is 10.4. The van der Waals surface area contributed by atoms with Gasteiger partial charge < -0.3 is 0 Å². The van der Waals surface area contributed by atoms with E-state index in [1.807, 2.05) is 0 Å². The molecule has 142 valence electrons. The number of hydrogen-bond donors (Lipinski definition) is 0. The maximum Gasteiger partial charge on any atom is -0.00928 e. The van der Waals surface area contributed by atoms with Crippen LogP contribution in [0.4, 0.5) is 0 Å². The second-order valence-corrected chi connectivity index (χ2v) is 9.13. The van der Waals surface area contributed by atoms with Gasteiger partial charge in [0.05, 0.1) is 0 Å². The number of fused-ring (bicyclic) bond motifs is 5. The van der Waals surface area contributed by atoms with Gasteiger partial charge in [-0.3, -0.25) is 0 Å². The Balaban J connectivity index is 1.89. The highest BCUT2D eigenvalue weighted by molar-refractivity contribution is 6.21. The molecule has 0 aromatic heterocycles. The van der Waals surface area contributed by atoms with E-state index in [1.165, 1.54) is 54.6 Å². The normalized spacial score (nSPS) is 12.1. The zero-order valence-corrected chi connectivity index (χ0v) is 17.6. The topological polar surface area (TPSA) is 0 Å². The number of rotatable bonds is 1. The van der Waals surface area contributed by atoms with Crippen molar-refractivity contribution in [3.63, 3.8) is 0 Å². The van der Waals surface area contributed by atoms with Gasteiger partial charge >= 0.3 is 0 Å². The van der Waals surface area contributed by atoms with Crippen molar-refractivity contribution in [3.8, 4) is 11.1 Å². The van der Waals surface area contributed by atoms with Gasteiger partial charge in [0.1, 0.15) is 0 Å². The lowest BCUT2D eigenvalue weighted by molar-refractivity contribution is 0.590. The molecule has 0 fully saturated rings. The molecule has 0 amide bonds. The fourth-order valence-electron chi connectivity index (χ4n) is 4.52. The zero-order chi connectivity index (χ0) is 20.2. The lowest BCUT2D eigenvalue weighted by Crippen LogP contribution is -2.11. The summed E-state index contributed by atoms with van der Waals surface area (Å²) in [6, 6.07) is 31.4. The van der Waals surface area contributed by atoms with Crippen molar-refractivity contribution in [1.82, 2.24) is 0 Å². The third-order valence-corrected chi connectivity index (χ3v) is 6.15. The molecule has 29 heavy (non-hydrogen) atoms. The Kier molecular flexibility index (Phi) is 3.99. The van der Waals surface area contributed by atoms with E-state index < -0.39 is 0 Å². The summed E-state index contributed by atoms with van der Waals surface area (Å²) >= 11 is 0. The van der Waals surface area contributed by atoms with Gasteiger partial charge in [0.25, 0.3) is 0 Å². The SMILES string of the molecule is Cc1cc(C(C)(C)C)ccc1-c1cc2c3ccccc3ccc2c2ccccc12. The van der Waals surface area contributed by atoms with Gasteiger partial charge in [0, 0.05) is 0 Å². The van der Waals surface area contributed by atoms with Gasteiger partial charge in [0.2, 0.25) is 0 Å². The predicted octanol–water partition coefficient (Wildman–Crippen LogP) is 8.42. The average molecular weight is 375 g/mol. The number of aryl methyl sites for hydroxylation is 1. The van der Waals surface area contributed by atoms with Crippen LogP contribution in [0, 0.1) is 6.92 Å². The maximum absolute atomic E-state index is 2.40. The highest BCUT2D eigenvalue weighted by Gasteiger charge is 2.16. The van der Waals surface area contributed by atoms with Crippen molar-refractivity contribution in [1.29, 1.82) is 0 Å². The Morgan fingerprint density at radius 3 is 1.90 bits per heavy atom. The van der Waals surface area contributed by atoms with Gasteiger partial charge in [-0.2, -0.15) is 0 Å². The Morgan fingerprint density at radius 2 is 1.17 bits per heavy atom. The lowest BCUT2D eigenvalue weighted by Gasteiger charge is -2.21. The van der Waals surface area contributed by atoms with Crippen molar-refractivity contribution >= 4 is 32.3 Å². The summed E-state index contributed by atoms with van der Waals surface area (Å²) in [6.07, 6.45) is 0. The van der Waals surface area contributed by atoms with E-state index in [1.54, 1.807) is 0 Å². The quantitative estimate of drug-likeness (QED) is 0.258. The molecule has 0 aliphatic heterocycles. The van der Waals surface area contributed by atoms with Gasteiger partial charge in [0.15, 0.2) is 0 Å². The van der Waals surface area contributed by atoms with Crippen LogP contribution in [0.2, 0.25) is 0 Å². The Labute approximate surface area is 172 Å². The maximum atomic E-state index is 2.40. The highest BCUT2D eigenvalue weighted by atomic mass is 14.2. The predicted molar refractivity (Wildman–Crippen MR) is 128 cm³/mol. The highest BCUT2D eigenvalue weighted by Crippen LogP contribution is 2.39. The minimum Gasteiger partial charge on any atom is -0.0616 e. The van der Waals surface area contributed by atoms with Gasteiger partial charge in [-0.25, -0.2) is 0 Å². The van der Waals surface area contributed by atoms with Crippen molar-refractivity contribution in [2.75, 3.05) is 0 Å². The van der Waals surface area contributed by atoms with Crippen LogP contribution in [0.5, 0.6) is 0 Å². The zero-order valence-electron chi connectivity index (χ0n) is 17.6. The molecule has 0 heteroatoms. The molecule has 0 saturated carbocycles. The first-order valence-electron chi connectivity index (χ1n) is 10.4. The van der Waals surface area contributed by atoms with E-state index in [-0.39, 0.29) is 5.41 Å². The molecule has 0 spiro atoms. The first kappa shape index (κ1) is 17.9. The van der Waals surface area contributed by atoms with Crippen LogP contribution >= 0.6 is 0 Å². The summed E-state index contributed by atoms with van der Waals surface area (Å²) in [5.41, 5.74) is 5.52. The van der Waals surface area contributed by atoms with Crippen LogP contribution in [-0.2, 0) is 5.41 Å². The van der Waals surface area contributed by atoms with Crippen LogP contribution in [0.15, 0.2) is 84.9 Å². The minimum absolute atomic E-state index is 0.158. The van der Waals surface area contributed by atoms with Crippen LogP contribution < -0.4 is 0 Å². The molecule has 0 aliphatic rings. The molecule has 0 radical (unpaired) electrons. The van der Waals surface area contributed by atoms with E-state index in [0.717, 1.165) is 0 Å². The van der Waals surface area contributed by atoms with Crippen molar-refractivity contribution in [2.45, 2.75) is 33.1 Å². The minimum atomic E-state index is 0.158. The van der Waals surface area contributed by atoms with Gasteiger partial charge in [-0.05, 0) is 73.0 Å². The third-order valence-electron chi connectivity index (χ3n) is 6.15. The molecule has 5 aromatic carbocycles. The monoisotopic (exact) mass is 374 g/mol. The molecule has 0 N–H and O–H groups in total. The van der Waals surface area contributed by atoms with Crippen LogP contribution in [0.1, 0.15) is 31.9 Å². The molecule has 0 bridgehead atoms. The molecule has 0 atom stereocenters. The van der Waals surface area contributed by atoms with E-state index in [0.29, 0.717) is 0 Å². The summed E-state index contributed by atoms with van der Waals surface area (Å²) in [7, 11) is 0. The molecule has 0 unspecified atom stereocenters. The summed E-state index contributed by atoms with van der Waals surface area (Å²) in [5.74, 6) is 0. The smallest absolute Gasteiger partial charge is 0.00928 e. The van der Waals surface area contributed by atoms with Crippen LogP contribution in [0.3, 0.4) is 0 Å². The van der Waals surface area contributed by atoms with E-state index in [4.69, 9.17) is 0 Å². The third kappa shape index (κ3) is 2.91.